The summed E-state index contributed by atoms with van der Waals surface area (Å²) in [6.07, 6.45) is 5.59. The number of nitrogens with zero attached hydrogens (tertiary/aromatic N) is 1. The molecule has 0 bridgehead atoms. The lowest BCUT2D eigenvalue weighted by Crippen LogP contribution is -2.38. The maximum absolute atomic E-state index is 11.8. The van der Waals surface area contributed by atoms with Gasteiger partial charge in [0.05, 0.1) is 12.5 Å². The molecule has 0 unspecified atom stereocenters. The van der Waals surface area contributed by atoms with E-state index in [0.717, 1.165) is 25.7 Å². The molecule has 0 radical (unpaired) electrons. The molecule has 1 fully saturated rings. The number of hydrogen-bond donors (Lipinski definition) is 3. The minimum atomic E-state index is -0.633. The second-order valence-corrected chi connectivity index (χ2v) is 8.09. The highest BCUT2D eigenvalue weighted by Gasteiger charge is 2.25. The van der Waals surface area contributed by atoms with Gasteiger partial charge in [-0.25, -0.2) is 10.2 Å². The lowest BCUT2D eigenvalue weighted by Gasteiger charge is -2.27. The van der Waals surface area contributed by atoms with E-state index in [2.05, 4.69) is 15.8 Å². The summed E-state index contributed by atoms with van der Waals surface area (Å²) in [6.45, 7) is 7.80. The summed E-state index contributed by atoms with van der Waals surface area (Å²) in [4.78, 5) is 35.1. The number of carbonyl (C=O) groups is 3. The molecule has 1 rings (SSSR count). The molecule has 1 saturated carbocycles. The summed E-state index contributed by atoms with van der Waals surface area (Å²) >= 11 is 0. The normalized spacial score (nSPS) is 21.5. The van der Waals surface area contributed by atoms with Crippen molar-refractivity contribution < 1.29 is 19.1 Å². The molecule has 0 saturated heterocycles. The summed E-state index contributed by atoms with van der Waals surface area (Å²) in [5.74, 6) is 0.505. The molecule has 2 amide bonds. The van der Waals surface area contributed by atoms with E-state index in [-0.39, 0.29) is 12.3 Å². The molecular weight excluding hydrogens is 348 g/mol. The predicted molar refractivity (Wildman–Crippen MR) is 104 cm³/mol. The van der Waals surface area contributed by atoms with Crippen molar-refractivity contribution in [2.45, 2.75) is 77.9 Å². The molecule has 8 heteroatoms. The Hall–Kier alpha value is -1.96. The van der Waals surface area contributed by atoms with Crippen molar-refractivity contribution in [1.29, 1.82) is 0 Å². The summed E-state index contributed by atoms with van der Waals surface area (Å²) in [5, 5.41) is 6.54. The Morgan fingerprint density at radius 1 is 1.22 bits per heavy atom. The van der Waals surface area contributed by atoms with Gasteiger partial charge in [-0.2, -0.15) is 5.10 Å². The van der Waals surface area contributed by atoms with E-state index in [0.29, 0.717) is 24.7 Å². The zero-order valence-electron chi connectivity index (χ0n) is 16.9. The number of urea groups is 1. The van der Waals surface area contributed by atoms with Gasteiger partial charge in [-0.05, 0) is 52.4 Å². The third kappa shape index (κ3) is 10.1. The lowest BCUT2D eigenvalue weighted by atomic mass is 9.79. The maximum Gasteiger partial charge on any atom is 0.335 e. The van der Waals surface area contributed by atoms with Crippen molar-refractivity contribution in [3.8, 4) is 0 Å². The Kier molecular flexibility index (Phi) is 9.41. The van der Waals surface area contributed by atoms with E-state index in [9.17, 15) is 14.4 Å². The minimum absolute atomic E-state index is 0.0101. The van der Waals surface area contributed by atoms with Crippen LogP contribution in [0.25, 0.3) is 0 Å². The van der Waals surface area contributed by atoms with Gasteiger partial charge in [0, 0.05) is 25.1 Å². The molecule has 0 spiro atoms. The van der Waals surface area contributed by atoms with Gasteiger partial charge >= 0.3 is 12.0 Å². The first-order valence-electron chi connectivity index (χ1n) is 9.68. The monoisotopic (exact) mass is 382 g/mol. The molecule has 1 atom stereocenters. The molecule has 154 valence electrons. The first kappa shape index (κ1) is 23.1. The molecule has 8 nitrogen and oxygen atoms in total. The number of rotatable bonds is 8. The number of carbonyl (C=O) groups excluding carboxylic acids is 3. The van der Waals surface area contributed by atoms with Crippen LogP contribution in [0.15, 0.2) is 5.10 Å². The number of hydrazone groups is 1. The fourth-order valence-corrected chi connectivity index (χ4v) is 3.07. The first-order chi connectivity index (χ1) is 12.6. The first-order valence-corrected chi connectivity index (χ1v) is 9.68. The highest BCUT2D eigenvalue weighted by Crippen LogP contribution is 2.29. The summed E-state index contributed by atoms with van der Waals surface area (Å²) in [6, 6.07) is -1.05. The maximum atomic E-state index is 11.8. The van der Waals surface area contributed by atoms with Crippen molar-refractivity contribution in [3.63, 3.8) is 0 Å². The summed E-state index contributed by atoms with van der Waals surface area (Å²) in [7, 11) is 0. The quantitative estimate of drug-likeness (QED) is 0.337. The Morgan fingerprint density at radius 3 is 2.41 bits per heavy atom. The van der Waals surface area contributed by atoms with E-state index in [1.165, 1.54) is 6.21 Å². The SMILES string of the molecule is CCC(=O)C1CCC(CNC(=O)N/N=C\[C@@H](N)CC(=O)OC(C)(C)C)CC1. The largest absolute Gasteiger partial charge is 0.460 e. The van der Waals surface area contributed by atoms with Crippen LogP contribution in [0.4, 0.5) is 4.79 Å². The van der Waals surface area contributed by atoms with Gasteiger partial charge in [0.1, 0.15) is 11.4 Å². The van der Waals surface area contributed by atoms with Gasteiger partial charge < -0.3 is 15.8 Å². The number of hydrogen-bond acceptors (Lipinski definition) is 6. The fraction of sp³-hybridized carbons (Fsp3) is 0.789. The molecule has 1 aliphatic carbocycles. The molecule has 0 aromatic carbocycles. The Bertz CT molecular complexity index is 534. The van der Waals surface area contributed by atoms with Gasteiger partial charge in [-0.1, -0.05) is 6.92 Å². The highest BCUT2D eigenvalue weighted by atomic mass is 16.6. The van der Waals surface area contributed by atoms with E-state index in [1.54, 1.807) is 20.8 Å². The lowest BCUT2D eigenvalue weighted by molar-refractivity contribution is -0.154. The van der Waals surface area contributed by atoms with Crippen LogP contribution in [0.2, 0.25) is 0 Å². The van der Waals surface area contributed by atoms with Crippen molar-refractivity contribution >= 4 is 24.0 Å². The Balaban J connectivity index is 2.21. The molecule has 27 heavy (non-hydrogen) atoms. The zero-order chi connectivity index (χ0) is 20.4. The van der Waals surface area contributed by atoms with Gasteiger partial charge in [0.2, 0.25) is 0 Å². The molecule has 0 heterocycles. The molecule has 0 aromatic rings. The fourth-order valence-electron chi connectivity index (χ4n) is 3.07. The number of ketones is 1. The van der Waals surface area contributed by atoms with Crippen molar-refractivity contribution in [1.82, 2.24) is 10.7 Å². The van der Waals surface area contributed by atoms with Crippen LogP contribution in [-0.2, 0) is 14.3 Å². The molecule has 0 aliphatic heterocycles. The topological polar surface area (TPSA) is 123 Å². The Morgan fingerprint density at radius 2 is 1.85 bits per heavy atom. The van der Waals surface area contributed by atoms with Crippen LogP contribution in [0, 0.1) is 11.8 Å². The number of esters is 1. The van der Waals surface area contributed by atoms with Crippen LogP contribution in [0.5, 0.6) is 0 Å². The second kappa shape index (κ2) is 11.0. The van der Waals surface area contributed by atoms with Crippen LogP contribution in [0.1, 0.15) is 66.2 Å². The third-order valence-electron chi connectivity index (χ3n) is 4.46. The van der Waals surface area contributed by atoms with Crippen molar-refractivity contribution in [3.05, 3.63) is 0 Å². The number of Topliss-reactive ketones (excluding diaryl/α,β-unsaturated/α-hetero) is 1. The number of amides is 2. The van der Waals surface area contributed by atoms with Gasteiger partial charge in [-0.3, -0.25) is 9.59 Å². The average molecular weight is 383 g/mol. The smallest absolute Gasteiger partial charge is 0.335 e. The standard InChI is InChI=1S/C19H34N4O4/c1-5-16(24)14-8-6-13(7-9-14)11-21-18(26)23-22-12-15(20)10-17(25)27-19(2,3)4/h12-15H,5-11,20H2,1-4H3,(H2,21,23,26)/b22-12-/t13?,14?,15-/m0/s1. The van der Waals surface area contributed by atoms with Gasteiger partial charge in [0.25, 0.3) is 0 Å². The molecular formula is C19H34N4O4. The van der Waals surface area contributed by atoms with E-state index >= 15 is 0 Å². The van der Waals surface area contributed by atoms with Gasteiger partial charge in [0.15, 0.2) is 0 Å². The number of nitrogens with one attached hydrogen (secondary N) is 2. The Labute approximate surface area is 161 Å². The number of nitrogens with two attached hydrogens (primary N) is 1. The molecule has 0 aromatic heterocycles. The molecule has 4 N–H and O–H groups in total. The summed E-state index contributed by atoms with van der Waals surface area (Å²) < 4.78 is 5.17. The van der Waals surface area contributed by atoms with Crippen LogP contribution < -0.4 is 16.5 Å². The van der Waals surface area contributed by atoms with Crippen LogP contribution in [0.3, 0.4) is 0 Å². The second-order valence-electron chi connectivity index (χ2n) is 8.09. The van der Waals surface area contributed by atoms with Crippen molar-refractivity contribution in [2.75, 3.05) is 6.54 Å². The average Bonchev–Trinajstić information content (AvgIpc) is 2.58. The minimum Gasteiger partial charge on any atom is -0.460 e. The third-order valence-corrected chi connectivity index (χ3v) is 4.46. The van der Waals surface area contributed by atoms with Gasteiger partial charge in [-0.15, -0.1) is 0 Å². The van der Waals surface area contributed by atoms with Crippen LogP contribution in [-0.4, -0.2) is 42.2 Å². The van der Waals surface area contributed by atoms with E-state index in [1.807, 2.05) is 6.92 Å². The zero-order valence-corrected chi connectivity index (χ0v) is 16.9. The van der Waals surface area contributed by atoms with Crippen LogP contribution >= 0.6 is 0 Å². The summed E-state index contributed by atoms with van der Waals surface area (Å²) in [5.41, 5.74) is 7.55. The predicted octanol–water partition coefficient (Wildman–Crippen LogP) is 2.12. The van der Waals surface area contributed by atoms with Crippen molar-refractivity contribution in [2.24, 2.45) is 22.7 Å². The van der Waals surface area contributed by atoms with E-state index in [4.69, 9.17) is 10.5 Å². The highest BCUT2D eigenvalue weighted by molar-refractivity contribution is 5.80. The van der Waals surface area contributed by atoms with E-state index < -0.39 is 23.6 Å². The molecule has 1 aliphatic rings. The number of ether oxygens (including phenoxy) is 1.